The lowest BCUT2D eigenvalue weighted by molar-refractivity contribution is 0.0673. The Morgan fingerprint density at radius 3 is 2.84 bits per heavy atom. The van der Waals surface area contributed by atoms with Crippen molar-refractivity contribution in [2.75, 3.05) is 13.1 Å². The maximum atomic E-state index is 13.2. The first-order valence-corrected chi connectivity index (χ1v) is 8.61. The number of hydrogen-bond acceptors (Lipinski definition) is 3. The van der Waals surface area contributed by atoms with E-state index in [1.54, 1.807) is 10.9 Å². The number of hydrogen-bond donors (Lipinski definition) is 0. The van der Waals surface area contributed by atoms with Gasteiger partial charge in [-0.2, -0.15) is 10.2 Å². The van der Waals surface area contributed by atoms with Gasteiger partial charge < -0.3 is 4.90 Å². The zero-order valence-electron chi connectivity index (χ0n) is 14.2. The van der Waals surface area contributed by atoms with Crippen molar-refractivity contribution in [2.24, 2.45) is 0 Å². The molecule has 0 bridgehead atoms. The van der Waals surface area contributed by atoms with Crippen LogP contribution in [0.25, 0.3) is 5.69 Å². The maximum absolute atomic E-state index is 13.2. The second kappa shape index (κ2) is 6.55. The summed E-state index contributed by atoms with van der Waals surface area (Å²) in [6.07, 6.45) is 9.53. The number of amides is 1. The number of likely N-dealkylation sites (tertiary alicyclic amines) is 1. The lowest BCUT2D eigenvalue weighted by Gasteiger charge is -2.33. The summed E-state index contributed by atoms with van der Waals surface area (Å²) >= 11 is 0. The molecule has 2 aromatic heterocycles. The normalized spacial score (nSPS) is 17.6. The van der Waals surface area contributed by atoms with E-state index >= 15 is 0 Å². The predicted octanol–water partition coefficient (Wildman–Crippen LogP) is 2.85. The minimum Gasteiger partial charge on any atom is -0.336 e. The summed E-state index contributed by atoms with van der Waals surface area (Å²) in [5, 5.41) is 8.70. The summed E-state index contributed by atoms with van der Waals surface area (Å²) in [7, 11) is 0. The number of nitrogens with zero attached hydrogens (tertiary/aromatic N) is 5. The number of benzene rings is 1. The van der Waals surface area contributed by atoms with Crippen LogP contribution in [0.15, 0.2) is 55.1 Å². The van der Waals surface area contributed by atoms with Crippen molar-refractivity contribution in [1.29, 1.82) is 0 Å². The second-order valence-corrected chi connectivity index (χ2v) is 6.51. The summed E-state index contributed by atoms with van der Waals surface area (Å²) in [4.78, 5) is 15.1. The molecule has 6 heteroatoms. The minimum atomic E-state index is 0.0553. The van der Waals surface area contributed by atoms with Crippen LogP contribution in [0.4, 0.5) is 0 Å². The zero-order chi connectivity index (χ0) is 17.2. The minimum absolute atomic E-state index is 0.0553. The van der Waals surface area contributed by atoms with Crippen LogP contribution in [-0.2, 0) is 0 Å². The van der Waals surface area contributed by atoms with E-state index in [2.05, 4.69) is 16.4 Å². The van der Waals surface area contributed by atoms with E-state index in [0.29, 0.717) is 12.1 Å². The molecule has 1 saturated heterocycles. The van der Waals surface area contributed by atoms with Gasteiger partial charge >= 0.3 is 0 Å². The largest absolute Gasteiger partial charge is 0.336 e. The van der Waals surface area contributed by atoms with Crippen LogP contribution < -0.4 is 0 Å². The van der Waals surface area contributed by atoms with Gasteiger partial charge in [-0.3, -0.25) is 9.48 Å². The molecule has 0 N–H and O–H groups in total. The molecule has 0 aliphatic carbocycles. The SMILES string of the molecule is Cc1cnn([C@@H]2CCCN(C(=O)c3ccccc3-n3cccn3)C2)c1. The van der Waals surface area contributed by atoms with Crippen LogP contribution in [0.2, 0.25) is 0 Å². The second-order valence-electron chi connectivity index (χ2n) is 6.51. The van der Waals surface area contributed by atoms with Crippen LogP contribution in [0.1, 0.15) is 34.8 Å². The van der Waals surface area contributed by atoms with Crippen molar-refractivity contribution in [3.63, 3.8) is 0 Å². The third-order valence-corrected chi connectivity index (χ3v) is 4.67. The van der Waals surface area contributed by atoms with E-state index in [-0.39, 0.29) is 11.9 Å². The third-order valence-electron chi connectivity index (χ3n) is 4.67. The fourth-order valence-corrected chi connectivity index (χ4v) is 3.42. The van der Waals surface area contributed by atoms with Gasteiger partial charge in [0.15, 0.2) is 0 Å². The van der Waals surface area contributed by atoms with Crippen molar-refractivity contribution < 1.29 is 4.79 Å². The molecule has 1 amide bonds. The van der Waals surface area contributed by atoms with Crippen molar-refractivity contribution in [2.45, 2.75) is 25.8 Å². The third kappa shape index (κ3) is 3.07. The van der Waals surface area contributed by atoms with Crippen molar-refractivity contribution >= 4 is 5.91 Å². The van der Waals surface area contributed by atoms with E-state index in [1.165, 1.54) is 0 Å². The first-order valence-electron chi connectivity index (χ1n) is 8.61. The van der Waals surface area contributed by atoms with E-state index in [0.717, 1.165) is 30.6 Å². The van der Waals surface area contributed by atoms with Gasteiger partial charge in [0, 0.05) is 31.7 Å². The maximum Gasteiger partial charge on any atom is 0.256 e. The quantitative estimate of drug-likeness (QED) is 0.739. The average molecular weight is 335 g/mol. The highest BCUT2D eigenvalue weighted by Crippen LogP contribution is 2.24. The number of piperidine rings is 1. The van der Waals surface area contributed by atoms with E-state index in [9.17, 15) is 4.79 Å². The van der Waals surface area contributed by atoms with Gasteiger partial charge in [0.05, 0.1) is 23.5 Å². The Hall–Kier alpha value is -2.89. The lowest BCUT2D eigenvalue weighted by Crippen LogP contribution is -2.41. The van der Waals surface area contributed by atoms with E-state index in [4.69, 9.17) is 0 Å². The predicted molar refractivity (Wildman–Crippen MR) is 94.7 cm³/mol. The molecule has 0 saturated carbocycles. The topological polar surface area (TPSA) is 56.0 Å². The van der Waals surface area contributed by atoms with Crippen LogP contribution in [0.5, 0.6) is 0 Å². The molecule has 25 heavy (non-hydrogen) atoms. The molecular weight excluding hydrogens is 314 g/mol. The number of carbonyl (C=O) groups is 1. The molecule has 0 spiro atoms. The van der Waals surface area contributed by atoms with Crippen LogP contribution in [-0.4, -0.2) is 43.5 Å². The van der Waals surface area contributed by atoms with Gasteiger partial charge in [-0.1, -0.05) is 12.1 Å². The molecular formula is C19H21N5O. The number of rotatable bonds is 3. The Kier molecular flexibility index (Phi) is 4.09. The van der Waals surface area contributed by atoms with E-state index < -0.39 is 0 Å². The molecule has 6 nitrogen and oxygen atoms in total. The molecule has 1 aliphatic heterocycles. The molecule has 1 fully saturated rings. The number of aromatic nitrogens is 4. The molecule has 1 aromatic carbocycles. The van der Waals surface area contributed by atoms with Crippen LogP contribution >= 0.6 is 0 Å². The van der Waals surface area contributed by atoms with Crippen molar-refractivity contribution in [3.8, 4) is 5.69 Å². The fraction of sp³-hybridized carbons (Fsp3) is 0.316. The van der Waals surface area contributed by atoms with Gasteiger partial charge in [0.2, 0.25) is 0 Å². The van der Waals surface area contributed by atoms with Crippen LogP contribution in [0.3, 0.4) is 0 Å². The average Bonchev–Trinajstić information content (AvgIpc) is 3.33. The molecule has 1 aliphatic rings. The number of aryl methyl sites for hydroxylation is 1. The van der Waals surface area contributed by atoms with Gasteiger partial charge in [0.25, 0.3) is 5.91 Å². The number of para-hydroxylation sites is 1. The highest BCUT2D eigenvalue weighted by molar-refractivity contribution is 5.97. The lowest BCUT2D eigenvalue weighted by atomic mass is 10.0. The standard InChI is InChI=1S/C19H21N5O/c1-15-12-21-24(13-15)16-6-4-10-22(14-16)19(25)17-7-2-3-8-18(17)23-11-5-9-20-23/h2-3,5,7-9,11-13,16H,4,6,10,14H2,1H3/t16-/m1/s1. The summed E-state index contributed by atoms with van der Waals surface area (Å²) in [6.45, 7) is 3.51. The summed E-state index contributed by atoms with van der Waals surface area (Å²) in [5.41, 5.74) is 2.64. The van der Waals surface area contributed by atoms with Crippen molar-refractivity contribution in [1.82, 2.24) is 24.5 Å². The van der Waals surface area contributed by atoms with Gasteiger partial charge in [0.1, 0.15) is 0 Å². The zero-order valence-corrected chi connectivity index (χ0v) is 14.2. The summed E-state index contributed by atoms with van der Waals surface area (Å²) in [5.74, 6) is 0.0553. The van der Waals surface area contributed by atoms with Crippen LogP contribution in [0, 0.1) is 6.92 Å². The Bertz CT molecular complexity index is 868. The van der Waals surface area contributed by atoms with Gasteiger partial charge in [-0.05, 0) is 43.5 Å². The molecule has 0 radical (unpaired) electrons. The number of carbonyl (C=O) groups excluding carboxylic acids is 1. The molecule has 3 aromatic rings. The Morgan fingerprint density at radius 1 is 1.20 bits per heavy atom. The first-order chi connectivity index (χ1) is 12.2. The summed E-state index contributed by atoms with van der Waals surface area (Å²) in [6, 6.07) is 9.73. The van der Waals surface area contributed by atoms with E-state index in [1.807, 2.05) is 59.2 Å². The molecule has 1 atom stereocenters. The first kappa shape index (κ1) is 15.6. The smallest absolute Gasteiger partial charge is 0.256 e. The van der Waals surface area contributed by atoms with Gasteiger partial charge in [-0.25, -0.2) is 4.68 Å². The molecule has 128 valence electrons. The highest BCUT2D eigenvalue weighted by Gasteiger charge is 2.27. The molecule has 0 unspecified atom stereocenters. The monoisotopic (exact) mass is 335 g/mol. The Morgan fingerprint density at radius 2 is 2.08 bits per heavy atom. The summed E-state index contributed by atoms with van der Waals surface area (Å²) < 4.78 is 3.74. The van der Waals surface area contributed by atoms with Gasteiger partial charge in [-0.15, -0.1) is 0 Å². The van der Waals surface area contributed by atoms with Crippen molar-refractivity contribution in [3.05, 3.63) is 66.2 Å². The molecule has 4 rings (SSSR count). The highest BCUT2D eigenvalue weighted by atomic mass is 16.2. The Balaban J connectivity index is 1.59. The Labute approximate surface area is 146 Å². The fourth-order valence-electron chi connectivity index (χ4n) is 3.42. The molecule has 3 heterocycles.